The number of carbonyl (C=O) groups is 1. The lowest BCUT2D eigenvalue weighted by Gasteiger charge is -2.23. The summed E-state index contributed by atoms with van der Waals surface area (Å²) < 4.78 is 5.92. The van der Waals surface area contributed by atoms with Crippen molar-refractivity contribution in [1.82, 2.24) is 0 Å². The van der Waals surface area contributed by atoms with Gasteiger partial charge < -0.3 is 9.57 Å². The summed E-state index contributed by atoms with van der Waals surface area (Å²) in [5.74, 6) is 0. The zero-order valence-electron chi connectivity index (χ0n) is 15.2. The van der Waals surface area contributed by atoms with E-state index in [0.717, 1.165) is 33.4 Å². The first-order valence-corrected chi connectivity index (χ1v) is 9.22. The number of hydrogen-bond donors (Lipinski definition) is 0. The van der Waals surface area contributed by atoms with Crippen LogP contribution in [0.4, 0.5) is 10.5 Å². The molecule has 0 aliphatic carbocycles. The first-order chi connectivity index (χ1) is 12.6. The zero-order chi connectivity index (χ0) is 18.9. The lowest BCUT2D eigenvalue weighted by molar-refractivity contribution is 0.130. The SMILES string of the molecule is CCCN(C(=O)OC)c1ccccc1CO/N=C(\C)c1ccc(Br)cc1. The van der Waals surface area contributed by atoms with E-state index in [9.17, 15) is 4.79 Å². The van der Waals surface area contributed by atoms with E-state index in [4.69, 9.17) is 9.57 Å². The standard InChI is InChI=1S/C20H23BrN2O3/c1-4-13-23(20(24)25-3)19-8-6-5-7-17(19)14-26-22-15(2)16-9-11-18(21)12-10-16/h5-12H,4,13-14H2,1-3H3/b22-15+. The van der Waals surface area contributed by atoms with Gasteiger partial charge in [-0.15, -0.1) is 0 Å². The molecule has 0 heterocycles. The maximum Gasteiger partial charge on any atom is 0.414 e. The minimum Gasteiger partial charge on any atom is -0.452 e. The molecule has 1 amide bonds. The number of ether oxygens (including phenoxy) is 1. The van der Waals surface area contributed by atoms with Gasteiger partial charge in [0.25, 0.3) is 0 Å². The average molecular weight is 419 g/mol. The number of oxime groups is 1. The molecule has 0 aliphatic rings. The minimum absolute atomic E-state index is 0.265. The second-order valence-corrected chi connectivity index (χ2v) is 6.62. The van der Waals surface area contributed by atoms with Gasteiger partial charge in [0, 0.05) is 16.6 Å². The summed E-state index contributed by atoms with van der Waals surface area (Å²) in [6, 6.07) is 15.5. The zero-order valence-corrected chi connectivity index (χ0v) is 16.8. The van der Waals surface area contributed by atoms with Crippen molar-refractivity contribution < 1.29 is 14.4 Å². The van der Waals surface area contributed by atoms with E-state index in [1.54, 1.807) is 4.90 Å². The number of carbonyl (C=O) groups excluding carboxylic acids is 1. The summed E-state index contributed by atoms with van der Waals surface area (Å²) in [6.45, 7) is 4.75. The fourth-order valence-corrected chi connectivity index (χ4v) is 2.75. The molecule has 0 aliphatic heterocycles. The van der Waals surface area contributed by atoms with E-state index in [0.29, 0.717) is 6.54 Å². The van der Waals surface area contributed by atoms with E-state index in [-0.39, 0.29) is 12.7 Å². The highest BCUT2D eigenvalue weighted by Crippen LogP contribution is 2.22. The van der Waals surface area contributed by atoms with Crippen molar-refractivity contribution in [3.63, 3.8) is 0 Å². The van der Waals surface area contributed by atoms with Gasteiger partial charge in [-0.25, -0.2) is 4.79 Å². The Labute approximate surface area is 162 Å². The molecule has 0 fully saturated rings. The maximum atomic E-state index is 12.1. The molecule has 0 spiro atoms. The lowest BCUT2D eigenvalue weighted by atomic mass is 10.1. The molecule has 0 saturated carbocycles. The van der Waals surface area contributed by atoms with Crippen LogP contribution in [0, 0.1) is 0 Å². The summed E-state index contributed by atoms with van der Waals surface area (Å²) in [7, 11) is 1.38. The lowest BCUT2D eigenvalue weighted by Crippen LogP contribution is -2.32. The minimum atomic E-state index is -0.381. The molecule has 2 rings (SSSR count). The molecule has 6 heteroatoms. The van der Waals surface area contributed by atoms with Crippen LogP contribution in [0.5, 0.6) is 0 Å². The van der Waals surface area contributed by atoms with Crippen molar-refractivity contribution in [2.24, 2.45) is 5.16 Å². The normalized spacial score (nSPS) is 11.2. The van der Waals surface area contributed by atoms with E-state index in [1.807, 2.05) is 62.4 Å². The molecule has 2 aromatic carbocycles. The molecule has 138 valence electrons. The molecule has 0 atom stereocenters. The van der Waals surface area contributed by atoms with Gasteiger partial charge in [0.05, 0.1) is 18.5 Å². The summed E-state index contributed by atoms with van der Waals surface area (Å²) in [4.78, 5) is 19.2. The Morgan fingerprint density at radius 2 is 1.85 bits per heavy atom. The molecular formula is C20H23BrN2O3. The van der Waals surface area contributed by atoms with Gasteiger partial charge >= 0.3 is 6.09 Å². The van der Waals surface area contributed by atoms with Crippen molar-refractivity contribution in [2.75, 3.05) is 18.6 Å². The summed E-state index contributed by atoms with van der Waals surface area (Å²) in [5, 5.41) is 4.20. The summed E-state index contributed by atoms with van der Waals surface area (Å²) in [6.07, 6.45) is 0.444. The van der Waals surface area contributed by atoms with E-state index < -0.39 is 0 Å². The summed E-state index contributed by atoms with van der Waals surface area (Å²) >= 11 is 3.42. The van der Waals surface area contributed by atoms with Crippen LogP contribution in [0.3, 0.4) is 0 Å². The second-order valence-electron chi connectivity index (χ2n) is 5.71. The van der Waals surface area contributed by atoms with Gasteiger partial charge in [0.1, 0.15) is 6.61 Å². The molecule has 5 nitrogen and oxygen atoms in total. The third-order valence-corrected chi connectivity index (χ3v) is 4.34. The first-order valence-electron chi connectivity index (χ1n) is 8.42. The van der Waals surface area contributed by atoms with Crippen LogP contribution in [-0.2, 0) is 16.2 Å². The topological polar surface area (TPSA) is 51.1 Å². The monoisotopic (exact) mass is 418 g/mol. The van der Waals surface area contributed by atoms with Crippen molar-refractivity contribution >= 4 is 33.4 Å². The molecule has 2 aromatic rings. The van der Waals surface area contributed by atoms with Crippen LogP contribution in [0.1, 0.15) is 31.4 Å². The number of hydrogen-bond acceptors (Lipinski definition) is 4. The highest BCUT2D eigenvalue weighted by atomic mass is 79.9. The fourth-order valence-electron chi connectivity index (χ4n) is 2.48. The second kappa shape index (κ2) is 9.97. The quantitative estimate of drug-likeness (QED) is 0.448. The fraction of sp³-hybridized carbons (Fsp3) is 0.300. The van der Waals surface area contributed by atoms with Gasteiger partial charge in [-0.05, 0) is 37.1 Å². The molecule has 0 unspecified atom stereocenters. The number of para-hydroxylation sites is 1. The predicted molar refractivity (Wildman–Crippen MR) is 108 cm³/mol. The largest absolute Gasteiger partial charge is 0.452 e. The number of anilines is 1. The number of benzene rings is 2. The number of halogens is 1. The maximum absolute atomic E-state index is 12.1. The number of methoxy groups -OCH3 is 1. The van der Waals surface area contributed by atoms with Crippen molar-refractivity contribution in [3.8, 4) is 0 Å². The third-order valence-electron chi connectivity index (χ3n) is 3.81. The van der Waals surface area contributed by atoms with Crippen molar-refractivity contribution in [2.45, 2.75) is 26.9 Å². The third kappa shape index (κ3) is 5.33. The van der Waals surface area contributed by atoms with Crippen LogP contribution < -0.4 is 4.90 Å². The van der Waals surface area contributed by atoms with Crippen LogP contribution in [0.2, 0.25) is 0 Å². The molecule has 0 aromatic heterocycles. The first kappa shape index (κ1) is 20.0. The van der Waals surface area contributed by atoms with Crippen LogP contribution in [-0.4, -0.2) is 25.5 Å². The Morgan fingerprint density at radius 1 is 1.15 bits per heavy atom. The Balaban J connectivity index is 2.13. The molecular weight excluding hydrogens is 396 g/mol. The van der Waals surface area contributed by atoms with Crippen LogP contribution >= 0.6 is 15.9 Å². The van der Waals surface area contributed by atoms with Gasteiger partial charge in [0.15, 0.2) is 0 Å². The van der Waals surface area contributed by atoms with Crippen molar-refractivity contribution in [3.05, 3.63) is 64.1 Å². The van der Waals surface area contributed by atoms with E-state index in [1.165, 1.54) is 7.11 Å². The van der Waals surface area contributed by atoms with Gasteiger partial charge in [-0.3, -0.25) is 4.90 Å². The smallest absolute Gasteiger partial charge is 0.414 e. The predicted octanol–water partition coefficient (Wildman–Crippen LogP) is 5.37. The number of rotatable bonds is 7. The Bertz CT molecular complexity index is 760. The highest BCUT2D eigenvalue weighted by Gasteiger charge is 2.18. The highest BCUT2D eigenvalue weighted by molar-refractivity contribution is 9.10. The molecule has 26 heavy (non-hydrogen) atoms. The molecule has 0 bridgehead atoms. The van der Waals surface area contributed by atoms with Crippen LogP contribution in [0.15, 0.2) is 58.2 Å². The van der Waals surface area contributed by atoms with Crippen molar-refractivity contribution in [1.29, 1.82) is 0 Å². The Morgan fingerprint density at radius 3 is 2.50 bits per heavy atom. The van der Waals surface area contributed by atoms with Gasteiger partial charge in [-0.1, -0.05) is 58.3 Å². The molecule has 0 N–H and O–H groups in total. The number of amides is 1. The Hall–Kier alpha value is -2.34. The molecule has 0 saturated heterocycles. The van der Waals surface area contributed by atoms with Crippen LogP contribution in [0.25, 0.3) is 0 Å². The molecule has 0 radical (unpaired) electrons. The van der Waals surface area contributed by atoms with E-state index >= 15 is 0 Å². The summed E-state index contributed by atoms with van der Waals surface area (Å²) in [5.41, 5.74) is 3.42. The van der Waals surface area contributed by atoms with Gasteiger partial charge in [0.2, 0.25) is 0 Å². The average Bonchev–Trinajstić information content (AvgIpc) is 2.66. The van der Waals surface area contributed by atoms with E-state index in [2.05, 4.69) is 21.1 Å². The Kier molecular flexibility index (Phi) is 7.66. The number of nitrogens with zero attached hydrogens (tertiary/aromatic N) is 2. The van der Waals surface area contributed by atoms with Gasteiger partial charge in [-0.2, -0.15) is 0 Å².